The first kappa shape index (κ1) is 22.8. The van der Waals surface area contributed by atoms with Crippen molar-refractivity contribution in [3.05, 3.63) is 58.7 Å². The van der Waals surface area contributed by atoms with Crippen molar-refractivity contribution in [1.29, 1.82) is 0 Å². The maximum Gasteiger partial charge on any atom is 0.416 e. The van der Waals surface area contributed by atoms with Gasteiger partial charge in [-0.05, 0) is 61.6 Å². The van der Waals surface area contributed by atoms with Gasteiger partial charge in [0, 0.05) is 24.3 Å². The average Bonchev–Trinajstić information content (AvgIpc) is 2.99. The fourth-order valence-corrected chi connectivity index (χ4v) is 4.30. The van der Waals surface area contributed by atoms with Crippen LogP contribution >= 0.6 is 0 Å². The number of carbonyl (C=O) groups is 2. The van der Waals surface area contributed by atoms with Crippen molar-refractivity contribution < 1.29 is 22.8 Å². The number of nitrogens with one attached hydrogen (secondary N) is 1. The Balaban J connectivity index is 1.95. The first-order chi connectivity index (χ1) is 14.3. The smallest absolute Gasteiger partial charge is 0.326 e. The molecule has 166 valence electrons. The lowest BCUT2D eigenvalue weighted by atomic mass is 9.75. The van der Waals surface area contributed by atoms with E-state index in [9.17, 15) is 22.8 Å². The van der Waals surface area contributed by atoms with Gasteiger partial charge in [-0.25, -0.2) is 0 Å². The summed E-state index contributed by atoms with van der Waals surface area (Å²) < 4.78 is 39.6. The second kappa shape index (κ2) is 8.02. The Hall–Kier alpha value is -2.83. The summed E-state index contributed by atoms with van der Waals surface area (Å²) >= 11 is 0. The molecule has 0 aliphatic carbocycles. The van der Waals surface area contributed by atoms with Crippen molar-refractivity contribution in [3.63, 3.8) is 0 Å². The molecular formula is C24H27F3N2O2. The lowest BCUT2D eigenvalue weighted by molar-refractivity contribution is -0.137. The van der Waals surface area contributed by atoms with Crippen LogP contribution in [-0.2, 0) is 15.8 Å². The zero-order chi connectivity index (χ0) is 23.1. The molecule has 2 aromatic rings. The lowest BCUT2D eigenvalue weighted by Gasteiger charge is -2.32. The molecular weight excluding hydrogens is 405 g/mol. The summed E-state index contributed by atoms with van der Waals surface area (Å²) in [5.41, 5.74) is 1.26. The Morgan fingerprint density at radius 2 is 1.71 bits per heavy atom. The van der Waals surface area contributed by atoms with Gasteiger partial charge in [0.2, 0.25) is 11.8 Å². The zero-order valence-corrected chi connectivity index (χ0v) is 18.4. The van der Waals surface area contributed by atoms with Crippen LogP contribution in [0.25, 0.3) is 0 Å². The van der Waals surface area contributed by atoms with Crippen molar-refractivity contribution in [1.82, 2.24) is 0 Å². The number of para-hydroxylation sites is 1. The van der Waals surface area contributed by atoms with Crippen molar-refractivity contribution in [2.45, 2.75) is 47.2 Å². The molecule has 1 aliphatic rings. The first-order valence-corrected chi connectivity index (χ1v) is 10.2. The molecule has 4 nitrogen and oxygen atoms in total. The molecule has 1 atom stereocenters. The van der Waals surface area contributed by atoms with E-state index in [4.69, 9.17) is 0 Å². The van der Waals surface area contributed by atoms with Gasteiger partial charge in [0.1, 0.15) is 0 Å². The van der Waals surface area contributed by atoms with Crippen LogP contribution in [-0.4, -0.2) is 18.4 Å². The standard InChI is InChI=1S/C24H27F3N2O2/c1-14(2)23(12-20(30)29(13-23)21-16(4)7-6-8-17(21)5)22(31)28-19-10-15(3)9-18(11-19)24(25,26)27/h6-11,14H,12-13H2,1-5H3,(H,28,31)/t23-/m0/s1. The van der Waals surface area contributed by atoms with Crippen molar-refractivity contribution >= 4 is 23.2 Å². The number of carbonyl (C=O) groups excluding carboxylic acids is 2. The van der Waals surface area contributed by atoms with Gasteiger partial charge in [0.05, 0.1) is 11.0 Å². The topological polar surface area (TPSA) is 49.4 Å². The van der Waals surface area contributed by atoms with E-state index in [0.29, 0.717) is 5.56 Å². The van der Waals surface area contributed by atoms with E-state index in [2.05, 4.69) is 5.32 Å². The Morgan fingerprint density at radius 3 is 2.26 bits per heavy atom. The second-order valence-electron chi connectivity index (χ2n) is 8.75. The molecule has 1 fully saturated rings. The van der Waals surface area contributed by atoms with E-state index in [-0.39, 0.29) is 30.5 Å². The van der Waals surface area contributed by atoms with E-state index in [1.165, 1.54) is 6.07 Å². The number of nitrogens with zero attached hydrogens (tertiary/aromatic N) is 1. The Bertz CT molecular complexity index is 1010. The third-order valence-electron chi connectivity index (χ3n) is 6.14. The predicted octanol–water partition coefficient (Wildman–Crippen LogP) is 5.65. The fourth-order valence-electron chi connectivity index (χ4n) is 4.30. The molecule has 1 aliphatic heterocycles. The summed E-state index contributed by atoms with van der Waals surface area (Å²) in [6.07, 6.45) is -4.51. The van der Waals surface area contributed by atoms with Gasteiger partial charge < -0.3 is 10.2 Å². The maximum absolute atomic E-state index is 13.4. The summed E-state index contributed by atoms with van der Waals surface area (Å²) in [5.74, 6) is -0.803. The van der Waals surface area contributed by atoms with E-state index in [1.54, 1.807) is 11.8 Å². The van der Waals surface area contributed by atoms with E-state index >= 15 is 0 Å². The molecule has 2 amide bonds. The van der Waals surface area contributed by atoms with Crippen molar-refractivity contribution in [2.75, 3.05) is 16.8 Å². The van der Waals surface area contributed by atoms with Crippen molar-refractivity contribution in [3.8, 4) is 0 Å². The molecule has 0 bridgehead atoms. The molecule has 2 aromatic carbocycles. The molecule has 7 heteroatoms. The third kappa shape index (κ3) is 4.31. The monoisotopic (exact) mass is 432 g/mol. The number of rotatable bonds is 4. The van der Waals surface area contributed by atoms with Crippen LogP contribution < -0.4 is 10.2 Å². The fraction of sp³-hybridized carbons (Fsp3) is 0.417. The Labute approximate surface area is 180 Å². The van der Waals surface area contributed by atoms with Gasteiger partial charge in [-0.1, -0.05) is 32.0 Å². The number of hydrogen-bond donors (Lipinski definition) is 1. The number of amides is 2. The summed E-state index contributed by atoms with van der Waals surface area (Å²) in [7, 11) is 0. The molecule has 1 heterocycles. The van der Waals surface area contributed by atoms with Crippen LogP contribution in [0.3, 0.4) is 0 Å². The van der Waals surface area contributed by atoms with Crippen LogP contribution in [0.15, 0.2) is 36.4 Å². The average molecular weight is 432 g/mol. The molecule has 1 N–H and O–H groups in total. The number of aryl methyl sites for hydroxylation is 3. The molecule has 3 rings (SSSR count). The molecule has 0 saturated carbocycles. The summed E-state index contributed by atoms with van der Waals surface area (Å²) in [5, 5.41) is 2.66. The minimum Gasteiger partial charge on any atom is -0.326 e. The summed E-state index contributed by atoms with van der Waals surface area (Å²) in [6, 6.07) is 9.20. The zero-order valence-electron chi connectivity index (χ0n) is 18.4. The SMILES string of the molecule is Cc1cc(NC(=O)[C@@]2(C(C)C)CC(=O)N(c3c(C)cccc3C)C2)cc(C(F)(F)F)c1. The first-order valence-electron chi connectivity index (χ1n) is 10.2. The number of alkyl halides is 3. The number of anilines is 2. The van der Waals surface area contributed by atoms with Gasteiger partial charge in [-0.15, -0.1) is 0 Å². The van der Waals surface area contributed by atoms with Gasteiger partial charge >= 0.3 is 6.18 Å². The molecule has 0 radical (unpaired) electrons. The maximum atomic E-state index is 13.4. The molecule has 31 heavy (non-hydrogen) atoms. The van der Waals surface area contributed by atoms with Gasteiger partial charge in [0.25, 0.3) is 0 Å². The minimum absolute atomic E-state index is 0.00220. The van der Waals surface area contributed by atoms with E-state index in [0.717, 1.165) is 28.9 Å². The van der Waals surface area contributed by atoms with Gasteiger partial charge in [-0.3, -0.25) is 9.59 Å². The number of halogens is 3. The molecule has 1 saturated heterocycles. The number of benzene rings is 2. The largest absolute Gasteiger partial charge is 0.416 e. The number of hydrogen-bond acceptors (Lipinski definition) is 2. The van der Waals surface area contributed by atoms with Crippen LogP contribution in [0.1, 0.15) is 42.5 Å². The summed E-state index contributed by atoms with van der Waals surface area (Å²) in [4.78, 5) is 28.0. The molecule has 0 aromatic heterocycles. The highest BCUT2D eigenvalue weighted by Gasteiger charge is 2.51. The highest BCUT2D eigenvalue weighted by Crippen LogP contribution is 2.43. The van der Waals surface area contributed by atoms with Crippen LogP contribution in [0, 0.1) is 32.1 Å². The van der Waals surface area contributed by atoms with E-state index < -0.39 is 23.1 Å². The van der Waals surface area contributed by atoms with E-state index in [1.807, 2.05) is 45.9 Å². The van der Waals surface area contributed by atoms with Gasteiger partial charge in [-0.2, -0.15) is 13.2 Å². The Morgan fingerprint density at radius 1 is 1.10 bits per heavy atom. The third-order valence-corrected chi connectivity index (χ3v) is 6.14. The molecule has 0 unspecified atom stereocenters. The van der Waals surface area contributed by atoms with Crippen LogP contribution in [0.5, 0.6) is 0 Å². The predicted molar refractivity (Wildman–Crippen MR) is 115 cm³/mol. The summed E-state index contributed by atoms with van der Waals surface area (Å²) in [6.45, 7) is 9.27. The molecule has 0 spiro atoms. The van der Waals surface area contributed by atoms with Gasteiger partial charge in [0.15, 0.2) is 0 Å². The Kier molecular flexibility index (Phi) is 5.91. The quantitative estimate of drug-likeness (QED) is 0.679. The van der Waals surface area contributed by atoms with Crippen LogP contribution in [0.4, 0.5) is 24.5 Å². The van der Waals surface area contributed by atoms with Crippen LogP contribution in [0.2, 0.25) is 0 Å². The minimum atomic E-state index is -4.51. The second-order valence-corrected chi connectivity index (χ2v) is 8.75. The van der Waals surface area contributed by atoms with Crippen molar-refractivity contribution in [2.24, 2.45) is 11.3 Å². The highest BCUT2D eigenvalue weighted by molar-refractivity contribution is 6.06. The highest BCUT2D eigenvalue weighted by atomic mass is 19.4. The lowest BCUT2D eigenvalue weighted by Crippen LogP contribution is -2.43. The normalized spacial score (nSPS) is 19.3.